The lowest BCUT2D eigenvalue weighted by Gasteiger charge is -2.49. The summed E-state index contributed by atoms with van der Waals surface area (Å²) in [6.45, 7) is 4.32. The van der Waals surface area contributed by atoms with Crippen LogP contribution >= 0.6 is 24.8 Å². The van der Waals surface area contributed by atoms with Crippen LogP contribution in [0.4, 0.5) is 10.1 Å². The third-order valence-electron chi connectivity index (χ3n) is 3.46. The monoisotopic (exact) mass is 279 g/mol. The summed E-state index contributed by atoms with van der Waals surface area (Å²) in [4.78, 5) is 5.78. The van der Waals surface area contributed by atoms with Crippen LogP contribution in [0.1, 0.15) is 6.42 Å². The molecule has 1 spiro atoms. The van der Waals surface area contributed by atoms with Crippen LogP contribution < -0.4 is 10.2 Å². The van der Waals surface area contributed by atoms with Crippen molar-refractivity contribution in [2.24, 2.45) is 5.41 Å². The molecular weight excluding hydrogens is 264 g/mol. The van der Waals surface area contributed by atoms with Gasteiger partial charge in [-0.05, 0) is 19.0 Å². The van der Waals surface area contributed by atoms with Crippen LogP contribution in [0.5, 0.6) is 0 Å². The topological polar surface area (TPSA) is 28.2 Å². The summed E-state index contributed by atoms with van der Waals surface area (Å²) in [5.41, 5.74) is 1.42. The van der Waals surface area contributed by atoms with Gasteiger partial charge in [0.05, 0.1) is 0 Å². The summed E-state index contributed by atoms with van der Waals surface area (Å²) in [6.07, 6.45) is 2.78. The molecule has 2 aliphatic heterocycles. The van der Waals surface area contributed by atoms with E-state index in [1.54, 1.807) is 0 Å². The smallest absolute Gasteiger partial charge is 0.214 e. The zero-order valence-electron chi connectivity index (χ0n) is 9.36. The van der Waals surface area contributed by atoms with E-state index in [0.717, 1.165) is 31.9 Å². The fourth-order valence-corrected chi connectivity index (χ4v) is 2.60. The molecule has 6 heteroatoms. The molecule has 0 bridgehead atoms. The van der Waals surface area contributed by atoms with Crippen molar-refractivity contribution in [1.82, 2.24) is 10.3 Å². The minimum atomic E-state index is -0.391. The third kappa shape index (κ3) is 2.64. The van der Waals surface area contributed by atoms with Crippen LogP contribution in [0.15, 0.2) is 18.3 Å². The summed E-state index contributed by atoms with van der Waals surface area (Å²) < 4.78 is 12.9. The number of hydrogen-bond donors (Lipinski definition) is 1. The second-order valence-corrected chi connectivity index (χ2v) is 4.62. The Bertz CT molecular complexity index is 375. The maximum atomic E-state index is 12.9. The van der Waals surface area contributed by atoms with E-state index in [4.69, 9.17) is 0 Å². The Hall–Kier alpha value is -0.580. The first-order valence-corrected chi connectivity index (χ1v) is 5.35. The first-order valence-electron chi connectivity index (χ1n) is 5.35. The predicted molar refractivity (Wildman–Crippen MR) is 70.8 cm³/mol. The van der Waals surface area contributed by atoms with Gasteiger partial charge in [-0.2, -0.15) is 4.39 Å². The molecule has 96 valence electrons. The molecule has 0 aromatic carbocycles. The van der Waals surface area contributed by atoms with Gasteiger partial charge in [0.2, 0.25) is 5.95 Å². The molecular formula is C11H16Cl2FN3. The van der Waals surface area contributed by atoms with Crippen molar-refractivity contribution in [3.8, 4) is 0 Å². The average molecular weight is 280 g/mol. The highest BCUT2D eigenvalue weighted by molar-refractivity contribution is 5.85. The first kappa shape index (κ1) is 14.5. The molecule has 0 atom stereocenters. The highest BCUT2D eigenvalue weighted by Crippen LogP contribution is 2.38. The Morgan fingerprint density at radius 2 is 2.12 bits per heavy atom. The summed E-state index contributed by atoms with van der Waals surface area (Å²) in [6, 6.07) is 3.38. The fraction of sp³-hybridized carbons (Fsp3) is 0.545. The quantitative estimate of drug-likeness (QED) is 0.796. The number of nitrogens with zero attached hydrogens (tertiary/aromatic N) is 2. The molecule has 1 aromatic rings. The van der Waals surface area contributed by atoms with Crippen molar-refractivity contribution in [2.45, 2.75) is 6.42 Å². The molecule has 0 radical (unpaired) electrons. The minimum absolute atomic E-state index is 0. The predicted octanol–water partition coefficient (Wildman–Crippen LogP) is 1.86. The van der Waals surface area contributed by atoms with Gasteiger partial charge in [0.15, 0.2) is 0 Å². The van der Waals surface area contributed by atoms with Crippen LogP contribution in [0.25, 0.3) is 0 Å². The normalized spacial score (nSPS) is 20.4. The van der Waals surface area contributed by atoms with E-state index in [-0.39, 0.29) is 24.8 Å². The van der Waals surface area contributed by atoms with E-state index in [1.807, 2.05) is 6.07 Å². The van der Waals surface area contributed by atoms with Crippen molar-refractivity contribution in [1.29, 1.82) is 0 Å². The van der Waals surface area contributed by atoms with Crippen molar-refractivity contribution < 1.29 is 4.39 Å². The number of rotatable bonds is 1. The number of anilines is 1. The van der Waals surface area contributed by atoms with Crippen molar-refractivity contribution >= 4 is 30.5 Å². The van der Waals surface area contributed by atoms with Crippen molar-refractivity contribution in [3.05, 3.63) is 24.3 Å². The maximum Gasteiger partial charge on any atom is 0.214 e. The zero-order chi connectivity index (χ0) is 10.3. The van der Waals surface area contributed by atoms with Crippen molar-refractivity contribution in [2.75, 3.05) is 31.1 Å². The van der Waals surface area contributed by atoms with Crippen molar-refractivity contribution in [3.63, 3.8) is 0 Å². The van der Waals surface area contributed by atoms with Crippen LogP contribution in [0.2, 0.25) is 0 Å². The molecule has 1 aromatic heterocycles. The molecule has 17 heavy (non-hydrogen) atoms. The van der Waals surface area contributed by atoms with Gasteiger partial charge in [0, 0.05) is 43.0 Å². The molecule has 0 saturated carbocycles. The van der Waals surface area contributed by atoms with E-state index >= 15 is 0 Å². The Labute approximate surface area is 113 Å². The van der Waals surface area contributed by atoms with Gasteiger partial charge in [-0.1, -0.05) is 0 Å². The molecule has 2 fully saturated rings. The summed E-state index contributed by atoms with van der Waals surface area (Å²) in [7, 11) is 0. The van der Waals surface area contributed by atoms with Gasteiger partial charge in [-0.25, -0.2) is 4.98 Å². The Kier molecular flexibility index (Phi) is 4.58. The summed E-state index contributed by atoms with van der Waals surface area (Å²) in [5.74, 6) is -0.391. The minimum Gasteiger partial charge on any atom is -0.370 e. The Balaban J connectivity index is 0.000000722. The highest BCUT2D eigenvalue weighted by atomic mass is 35.5. The average Bonchev–Trinajstić information content (AvgIpc) is 2.64. The number of aromatic nitrogens is 1. The molecule has 0 amide bonds. The third-order valence-corrected chi connectivity index (χ3v) is 3.46. The molecule has 2 aliphatic rings. The standard InChI is InChI=1S/C11H14FN3.2ClH/c12-10-5-9(1-3-14-10)15-7-11(8-15)2-4-13-6-11;;/h1,3,5,13H,2,4,6-8H2;2*1H. The van der Waals surface area contributed by atoms with E-state index in [0.29, 0.717) is 5.41 Å². The molecule has 3 nitrogen and oxygen atoms in total. The van der Waals surface area contributed by atoms with Crippen LogP contribution in [-0.2, 0) is 0 Å². The van der Waals surface area contributed by atoms with E-state index in [1.165, 1.54) is 18.7 Å². The second kappa shape index (κ2) is 5.38. The molecule has 3 heterocycles. The first-order chi connectivity index (χ1) is 7.27. The number of nitrogens with one attached hydrogen (secondary N) is 1. The van der Waals surface area contributed by atoms with Gasteiger partial charge in [0.25, 0.3) is 0 Å². The Morgan fingerprint density at radius 3 is 2.71 bits per heavy atom. The highest BCUT2D eigenvalue weighted by Gasteiger charge is 2.44. The van der Waals surface area contributed by atoms with Crippen LogP contribution in [0, 0.1) is 11.4 Å². The van der Waals surface area contributed by atoms with Crippen LogP contribution in [-0.4, -0.2) is 31.2 Å². The second-order valence-electron chi connectivity index (χ2n) is 4.62. The molecule has 1 N–H and O–H groups in total. The fourth-order valence-electron chi connectivity index (χ4n) is 2.60. The lowest BCUT2D eigenvalue weighted by molar-refractivity contribution is 0.243. The lowest BCUT2D eigenvalue weighted by atomic mass is 9.79. The lowest BCUT2D eigenvalue weighted by Crippen LogP contribution is -2.57. The SMILES string of the molecule is Cl.Cl.Fc1cc(N2CC3(CCNC3)C2)ccn1. The summed E-state index contributed by atoms with van der Waals surface area (Å²) >= 11 is 0. The van der Waals surface area contributed by atoms with Gasteiger partial charge in [0.1, 0.15) is 0 Å². The van der Waals surface area contributed by atoms with E-state index in [2.05, 4.69) is 15.2 Å². The number of halogens is 3. The molecule has 2 saturated heterocycles. The summed E-state index contributed by atoms with van der Waals surface area (Å²) in [5, 5.41) is 3.39. The molecule has 3 rings (SSSR count). The van der Waals surface area contributed by atoms with Gasteiger partial charge >= 0.3 is 0 Å². The number of pyridine rings is 1. The van der Waals surface area contributed by atoms with Crippen LogP contribution in [0.3, 0.4) is 0 Å². The van der Waals surface area contributed by atoms with E-state index < -0.39 is 5.95 Å². The van der Waals surface area contributed by atoms with E-state index in [9.17, 15) is 4.39 Å². The van der Waals surface area contributed by atoms with Gasteiger partial charge in [-0.3, -0.25) is 0 Å². The number of hydrogen-bond acceptors (Lipinski definition) is 3. The zero-order valence-corrected chi connectivity index (χ0v) is 11.0. The molecule has 0 unspecified atom stereocenters. The largest absolute Gasteiger partial charge is 0.370 e. The Morgan fingerprint density at radius 1 is 1.35 bits per heavy atom. The maximum absolute atomic E-state index is 12.9. The van der Waals surface area contributed by atoms with Gasteiger partial charge < -0.3 is 10.2 Å². The van der Waals surface area contributed by atoms with Gasteiger partial charge in [-0.15, -0.1) is 24.8 Å². The molecule has 0 aliphatic carbocycles.